The second-order valence-electron chi connectivity index (χ2n) is 8.97. The fourth-order valence-corrected chi connectivity index (χ4v) is 5.57. The van der Waals surface area contributed by atoms with E-state index in [-0.39, 0.29) is 16.6 Å². The van der Waals surface area contributed by atoms with Crippen molar-refractivity contribution in [3.8, 4) is 21.0 Å². The number of nitrogens with one attached hydrogen (secondary N) is 1. The van der Waals surface area contributed by atoms with Crippen LogP contribution in [0.4, 0.5) is 0 Å². The lowest BCUT2D eigenvalue weighted by atomic mass is 9.98. The first-order chi connectivity index (χ1) is 14.8. The van der Waals surface area contributed by atoms with Crippen LogP contribution >= 0.6 is 23.1 Å². The van der Waals surface area contributed by atoms with Crippen LogP contribution in [0.1, 0.15) is 26.3 Å². The molecule has 1 saturated heterocycles. The highest BCUT2D eigenvalue weighted by molar-refractivity contribution is 8.00. The molecule has 1 amide bonds. The van der Waals surface area contributed by atoms with E-state index in [4.69, 9.17) is 0 Å². The van der Waals surface area contributed by atoms with Crippen molar-refractivity contribution in [3.63, 3.8) is 0 Å². The second kappa shape index (κ2) is 9.15. The molecule has 0 bridgehead atoms. The van der Waals surface area contributed by atoms with E-state index in [0.717, 1.165) is 30.2 Å². The summed E-state index contributed by atoms with van der Waals surface area (Å²) in [5.41, 5.74) is 3.62. The molecule has 1 aromatic heterocycles. The lowest BCUT2D eigenvalue weighted by Crippen LogP contribution is -2.52. The van der Waals surface area contributed by atoms with Gasteiger partial charge >= 0.3 is 0 Å². The minimum atomic E-state index is 0.138. The van der Waals surface area contributed by atoms with Gasteiger partial charge in [-0.25, -0.2) is 4.98 Å². The Morgan fingerprint density at radius 1 is 1.10 bits per heavy atom. The lowest BCUT2D eigenvalue weighted by molar-refractivity contribution is -0.129. The number of nitrogens with zero attached hydrogens (tertiary/aromatic N) is 2. The van der Waals surface area contributed by atoms with Crippen LogP contribution < -0.4 is 5.32 Å². The standard InChI is InChI=1S/C25H29N3OS2/c1-25(2,3)31-21-11-9-18(10-12-21)22-13-27-24(30-22)19-7-5-17(6-8-19)14-28-15-20(16-28)23(29)26-4/h5-13,20H,14-16H2,1-4H3,(H,26,29). The van der Waals surface area contributed by atoms with Gasteiger partial charge in [0.05, 0.1) is 10.8 Å². The molecule has 6 heteroatoms. The average Bonchev–Trinajstić information content (AvgIpc) is 3.20. The molecule has 0 aliphatic carbocycles. The Kier molecular flexibility index (Phi) is 6.51. The maximum atomic E-state index is 11.6. The van der Waals surface area contributed by atoms with Crippen molar-refractivity contribution >= 4 is 29.0 Å². The first kappa shape index (κ1) is 22.1. The zero-order chi connectivity index (χ0) is 22.0. The smallest absolute Gasteiger partial charge is 0.225 e. The molecule has 0 saturated carbocycles. The van der Waals surface area contributed by atoms with Crippen molar-refractivity contribution in [1.82, 2.24) is 15.2 Å². The largest absolute Gasteiger partial charge is 0.359 e. The molecule has 0 spiro atoms. The molecule has 1 aliphatic heterocycles. The van der Waals surface area contributed by atoms with Crippen molar-refractivity contribution in [1.29, 1.82) is 0 Å². The number of rotatable bonds is 6. The van der Waals surface area contributed by atoms with Gasteiger partial charge in [0.25, 0.3) is 0 Å². The van der Waals surface area contributed by atoms with Crippen LogP contribution in [0.15, 0.2) is 59.6 Å². The number of hydrogen-bond donors (Lipinski definition) is 1. The van der Waals surface area contributed by atoms with Gasteiger partial charge in [-0.3, -0.25) is 9.69 Å². The Balaban J connectivity index is 1.37. The maximum Gasteiger partial charge on any atom is 0.225 e. The topological polar surface area (TPSA) is 45.2 Å². The number of aromatic nitrogens is 1. The fraction of sp³-hybridized carbons (Fsp3) is 0.360. The van der Waals surface area contributed by atoms with E-state index in [9.17, 15) is 4.79 Å². The molecule has 162 valence electrons. The van der Waals surface area contributed by atoms with Crippen LogP contribution in [0.25, 0.3) is 21.0 Å². The third-order valence-electron chi connectivity index (χ3n) is 5.25. The van der Waals surface area contributed by atoms with Crippen LogP contribution in [0.2, 0.25) is 0 Å². The number of amides is 1. The van der Waals surface area contributed by atoms with Gasteiger partial charge in [0, 0.05) is 48.1 Å². The zero-order valence-electron chi connectivity index (χ0n) is 18.5. The van der Waals surface area contributed by atoms with E-state index in [0.29, 0.717) is 0 Å². The molecule has 2 heterocycles. The molecule has 0 unspecified atom stereocenters. The molecular formula is C25H29N3OS2. The predicted octanol–water partition coefficient (Wildman–Crippen LogP) is 5.55. The normalized spacial score (nSPS) is 15.0. The summed E-state index contributed by atoms with van der Waals surface area (Å²) >= 11 is 3.61. The number of hydrogen-bond acceptors (Lipinski definition) is 5. The first-order valence-corrected chi connectivity index (χ1v) is 12.2. The number of likely N-dealkylation sites (tertiary alicyclic amines) is 1. The van der Waals surface area contributed by atoms with Gasteiger partial charge in [0.15, 0.2) is 0 Å². The van der Waals surface area contributed by atoms with Gasteiger partial charge < -0.3 is 5.32 Å². The molecule has 2 aromatic carbocycles. The van der Waals surface area contributed by atoms with Gasteiger partial charge in [-0.1, -0.05) is 57.2 Å². The SMILES string of the molecule is CNC(=O)C1CN(Cc2ccc(-c3ncc(-c4ccc(SC(C)(C)C)cc4)s3)cc2)C1. The molecule has 4 rings (SSSR count). The first-order valence-electron chi connectivity index (χ1n) is 10.6. The van der Waals surface area contributed by atoms with Crippen molar-refractivity contribution < 1.29 is 4.79 Å². The number of thiazole rings is 1. The number of carbonyl (C=O) groups is 1. The third-order valence-corrected chi connectivity index (χ3v) is 7.47. The minimum Gasteiger partial charge on any atom is -0.359 e. The molecule has 1 fully saturated rings. The Labute approximate surface area is 193 Å². The van der Waals surface area contributed by atoms with Gasteiger partial charge in [0.2, 0.25) is 5.91 Å². The summed E-state index contributed by atoms with van der Waals surface area (Å²) in [4.78, 5) is 21.1. The molecule has 4 nitrogen and oxygen atoms in total. The van der Waals surface area contributed by atoms with E-state index < -0.39 is 0 Å². The highest BCUT2D eigenvalue weighted by Gasteiger charge is 2.31. The summed E-state index contributed by atoms with van der Waals surface area (Å²) in [7, 11) is 1.70. The Bertz CT molecular complexity index is 1030. The molecule has 1 N–H and O–H groups in total. The van der Waals surface area contributed by atoms with E-state index in [1.54, 1.807) is 18.4 Å². The van der Waals surface area contributed by atoms with Gasteiger partial charge in [-0.2, -0.15) is 0 Å². The van der Waals surface area contributed by atoms with E-state index in [2.05, 4.69) is 84.5 Å². The fourth-order valence-electron chi connectivity index (χ4n) is 3.66. The van der Waals surface area contributed by atoms with Gasteiger partial charge in [0.1, 0.15) is 5.01 Å². The molecular weight excluding hydrogens is 422 g/mol. The summed E-state index contributed by atoms with van der Waals surface area (Å²) in [5, 5.41) is 3.77. The Morgan fingerprint density at radius 2 is 1.74 bits per heavy atom. The van der Waals surface area contributed by atoms with E-state index in [1.165, 1.54) is 20.9 Å². The lowest BCUT2D eigenvalue weighted by Gasteiger charge is -2.38. The van der Waals surface area contributed by atoms with Crippen LogP contribution in [-0.4, -0.2) is 40.7 Å². The Hall–Kier alpha value is -2.15. The van der Waals surface area contributed by atoms with E-state index in [1.807, 2.05) is 18.0 Å². The summed E-state index contributed by atoms with van der Waals surface area (Å²) in [6.07, 6.45) is 1.97. The van der Waals surface area contributed by atoms with Gasteiger partial charge in [-0.15, -0.1) is 23.1 Å². The Morgan fingerprint density at radius 3 is 2.35 bits per heavy atom. The maximum absolute atomic E-state index is 11.6. The molecule has 0 radical (unpaired) electrons. The van der Waals surface area contributed by atoms with Crippen molar-refractivity contribution in [2.45, 2.75) is 37.0 Å². The van der Waals surface area contributed by atoms with Crippen molar-refractivity contribution in [2.75, 3.05) is 20.1 Å². The second-order valence-corrected chi connectivity index (χ2v) is 11.9. The zero-order valence-corrected chi connectivity index (χ0v) is 20.1. The third kappa shape index (κ3) is 5.56. The van der Waals surface area contributed by atoms with Crippen LogP contribution in [0, 0.1) is 5.92 Å². The quantitative estimate of drug-likeness (QED) is 0.500. The van der Waals surface area contributed by atoms with Crippen LogP contribution in [0.5, 0.6) is 0 Å². The highest BCUT2D eigenvalue weighted by atomic mass is 32.2. The molecule has 0 atom stereocenters. The molecule has 3 aromatic rings. The number of carbonyl (C=O) groups excluding carboxylic acids is 1. The summed E-state index contributed by atoms with van der Waals surface area (Å²) in [6.45, 7) is 9.26. The van der Waals surface area contributed by atoms with Gasteiger partial charge in [-0.05, 0) is 23.3 Å². The molecule has 1 aliphatic rings. The van der Waals surface area contributed by atoms with E-state index >= 15 is 0 Å². The average molecular weight is 452 g/mol. The monoisotopic (exact) mass is 451 g/mol. The predicted molar refractivity (Wildman–Crippen MR) is 131 cm³/mol. The summed E-state index contributed by atoms with van der Waals surface area (Å²) in [6, 6.07) is 17.4. The molecule has 31 heavy (non-hydrogen) atoms. The van der Waals surface area contributed by atoms with Crippen molar-refractivity contribution in [2.24, 2.45) is 5.92 Å². The minimum absolute atomic E-state index is 0.138. The van der Waals surface area contributed by atoms with Crippen LogP contribution in [0.3, 0.4) is 0 Å². The summed E-state index contributed by atoms with van der Waals surface area (Å²) in [5.74, 6) is 0.285. The number of thioether (sulfide) groups is 1. The van der Waals surface area contributed by atoms with Crippen LogP contribution in [-0.2, 0) is 11.3 Å². The summed E-state index contributed by atoms with van der Waals surface area (Å²) < 4.78 is 0.215. The highest BCUT2D eigenvalue weighted by Crippen LogP contribution is 2.36. The number of benzene rings is 2. The van der Waals surface area contributed by atoms with Crippen molar-refractivity contribution in [3.05, 3.63) is 60.3 Å².